The van der Waals surface area contributed by atoms with Crippen molar-refractivity contribution in [3.8, 4) is 6.07 Å². The van der Waals surface area contributed by atoms with Gasteiger partial charge >= 0.3 is 0 Å². The molecule has 6 heteroatoms. The Morgan fingerprint density at radius 2 is 1.90 bits per heavy atom. The second-order valence-corrected chi connectivity index (χ2v) is 7.90. The van der Waals surface area contributed by atoms with E-state index in [1.165, 1.54) is 0 Å². The van der Waals surface area contributed by atoms with E-state index in [2.05, 4.69) is 20.7 Å². The molecule has 1 fully saturated rings. The minimum Gasteiger partial charge on any atom is -0.207 e. The average Bonchev–Trinajstić information content (AvgIpc) is 2.42. The molecule has 0 aliphatic heterocycles. The number of hydrogen-bond donors (Lipinski definition) is 1. The van der Waals surface area contributed by atoms with E-state index in [1.54, 1.807) is 24.3 Å². The number of alkyl halides is 1. The van der Waals surface area contributed by atoms with Crippen LogP contribution in [0.3, 0.4) is 0 Å². The van der Waals surface area contributed by atoms with Crippen LogP contribution in [0.15, 0.2) is 29.2 Å². The molecule has 0 radical (unpaired) electrons. The Labute approximate surface area is 128 Å². The van der Waals surface area contributed by atoms with Crippen LogP contribution in [0.1, 0.15) is 31.2 Å². The van der Waals surface area contributed by atoms with Crippen molar-refractivity contribution in [1.82, 2.24) is 4.72 Å². The fourth-order valence-corrected chi connectivity index (χ4v) is 4.57. The second-order valence-electron chi connectivity index (χ2n) is 5.01. The van der Waals surface area contributed by atoms with Crippen molar-refractivity contribution in [2.45, 2.75) is 47.9 Å². The van der Waals surface area contributed by atoms with Gasteiger partial charge in [-0.1, -0.05) is 40.9 Å². The maximum atomic E-state index is 12.3. The standard InChI is InChI=1S/C14H17BrN2O2S/c15-13-3-1-2-4-14(13)17-20(18,19)12-7-5-11(6-8-12)9-10-16/h5-8,13-14,17H,1-4,9H2. The molecule has 1 N–H and O–H groups in total. The number of nitrogens with one attached hydrogen (secondary N) is 1. The lowest BCUT2D eigenvalue weighted by molar-refractivity contribution is 0.427. The highest BCUT2D eigenvalue weighted by Crippen LogP contribution is 2.26. The molecule has 1 aromatic rings. The molecule has 0 bridgehead atoms. The third-order valence-electron chi connectivity index (χ3n) is 3.50. The molecule has 1 aliphatic rings. The van der Waals surface area contributed by atoms with Crippen molar-refractivity contribution in [2.75, 3.05) is 0 Å². The fourth-order valence-electron chi connectivity index (χ4n) is 2.36. The average molecular weight is 357 g/mol. The van der Waals surface area contributed by atoms with E-state index in [1.807, 2.05) is 6.07 Å². The van der Waals surface area contributed by atoms with Crippen LogP contribution in [0, 0.1) is 11.3 Å². The lowest BCUT2D eigenvalue weighted by Gasteiger charge is -2.27. The maximum absolute atomic E-state index is 12.3. The molecule has 108 valence electrons. The van der Waals surface area contributed by atoms with E-state index >= 15 is 0 Å². The Balaban J connectivity index is 2.11. The van der Waals surface area contributed by atoms with E-state index in [4.69, 9.17) is 5.26 Å². The Bertz CT molecular complexity index is 593. The van der Waals surface area contributed by atoms with Gasteiger partial charge in [0.05, 0.1) is 17.4 Å². The number of nitriles is 1. The number of sulfonamides is 1. The van der Waals surface area contributed by atoms with Gasteiger partial charge in [0.2, 0.25) is 10.0 Å². The molecular weight excluding hydrogens is 340 g/mol. The first kappa shape index (κ1) is 15.5. The zero-order valence-corrected chi connectivity index (χ0v) is 13.5. The minimum atomic E-state index is -3.49. The molecule has 4 nitrogen and oxygen atoms in total. The summed E-state index contributed by atoms with van der Waals surface area (Å²) in [4.78, 5) is 0.452. The third kappa shape index (κ3) is 3.81. The molecule has 1 aromatic carbocycles. The van der Waals surface area contributed by atoms with Crippen molar-refractivity contribution >= 4 is 26.0 Å². The summed E-state index contributed by atoms with van der Waals surface area (Å²) in [5.74, 6) is 0. The molecule has 0 spiro atoms. The highest BCUT2D eigenvalue weighted by Gasteiger charge is 2.27. The largest absolute Gasteiger partial charge is 0.240 e. The second kappa shape index (κ2) is 6.70. The fraction of sp³-hybridized carbons (Fsp3) is 0.500. The molecule has 0 aromatic heterocycles. The van der Waals surface area contributed by atoms with Crippen LogP contribution in [0.5, 0.6) is 0 Å². The smallest absolute Gasteiger partial charge is 0.207 e. The topological polar surface area (TPSA) is 70.0 Å². The van der Waals surface area contributed by atoms with Crippen molar-refractivity contribution in [2.24, 2.45) is 0 Å². The summed E-state index contributed by atoms with van der Waals surface area (Å²) >= 11 is 3.55. The maximum Gasteiger partial charge on any atom is 0.240 e. The van der Waals surface area contributed by atoms with Crippen LogP contribution in [-0.4, -0.2) is 19.3 Å². The van der Waals surface area contributed by atoms with Gasteiger partial charge in [-0.15, -0.1) is 0 Å². The molecule has 20 heavy (non-hydrogen) atoms. The highest BCUT2D eigenvalue weighted by atomic mass is 79.9. The molecule has 2 unspecified atom stereocenters. The molecule has 0 heterocycles. The summed E-state index contributed by atoms with van der Waals surface area (Å²) in [5.41, 5.74) is 0.822. The predicted octanol–water partition coefficient (Wildman–Crippen LogP) is 2.74. The third-order valence-corrected chi connectivity index (χ3v) is 6.11. The quantitative estimate of drug-likeness (QED) is 0.843. The van der Waals surface area contributed by atoms with Crippen molar-refractivity contribution in [1.29, 1.82) is 5.26 Å². The zero-order valence-electron chi connectivity index (χ0n) is 11.0. The van der Waals surface area contributed by atoms with E-state index in [-0.39, 0.29) is 15.8 Å². The van der Waals surface area contributed by atoms with Gasteiger partial charge in [-0.3, -0.25) is 0 Å². The number of hydrogen-bond acceptors (Lipinski definition) is 3. The van der Waals surface area contributed by atoms with Crippen LogP contribution in [0.4, 0.5) is 0 Å². The molecule has 2 rings (SSSR count). The monoisotopic (exact) mass is 356 g/mol. The van der Waals surface area contributed by atoms with Crippen LogP contribution in [0.25, 0.3) is 0 Å². The van der Waals surface area contributed by atoms with Gasteiger partial charge in [0.15, 0.2) is 0 Å². The predicted molar refractivity (Wildman–Crippen MR) is 81.1 cm³/mol. The van der Waals surface area contributed by atoms with Crippen molar-refractivity contribution < 1.29 is 8.42 Å². The van der Waals surface area contributed by atoms with Crippen molar-refractivity contribution in [3.05, 3.63) is 29.8 Å². The Morgan fingerprint density at radius 3 is 2.50 bits per heavy atom. The van der Waals surface area contributed by atoms with Crippen LogP contribution >= 0.6 is 15.9 Å². The first-order valence-corrected chi connectivity index (χ1v) is 9.05. The summed E-state index contributed by atoms with van der Waals surface area (Å²) in [5, 5.41) is 8.61. The zero-order chi connectivity index (χ0) is 14.6. The summed E-state index contributed by atoms with van der Waals surface area (Å²) in [6.07, 6.45) is 4.34. The van der Waals surface area contributed by atoms with E-state index < -0.39 is 10.0 Å². The van der Waals surface area contributed by atoms with Crippen LogP contribution in [0.2, 0.25) is 0 Å². The van der Waals surface area contributed by atoms with Crippen LogP contribution in [-0.2, 0) is 16.4 Å². The Hall–Kier alpha value is -0.900. The molecule has 2 atom stereocenters. The lowest BCUT2D eigenvalue weighted by atomic mass is 9.96. The molecule has 1 saturated carbocycles. The SMILES string of the molecule is N#CCc1ccc(S(=O)(=O)NC2CCCCC2Br)cc1. The summed E-state index contributed by atoms with van der Waals surface area (Å²) in [7, 11) is -3.49. The van der Waals surface area contributed by atoms with Crippen molar-refractivity contribution in [3.63, 3.8) is 0 Å². The molecule has 0 amide bonds. The number of nitrogens with zero attached hydrogens (tertiary/aromatic N) is 1. The van der Waals surface area contributed by atoms with Gasteiger partial charge in [0.25, 0.3) is 0 Å². The van der Waals surface area contributed by atoms with Gasteiger partial charge < -0.3 is 0 Å². The van der Waals surface area contributed by atoms with Crippen LogP contribution < -0.4 is 4.72 Å². The Kier molecular flexibility index (Phi) is 5.19. The van der Waals surface area contributed by atoms with Gasteiger partial charge in [0, 0.05) is 10.9 Å². The highest BCUT2D eigenvalue weighted by molar-refractivity contribution is 9.09. The summed E-state index contributed by atoms with van der Waals surface area (Å²) in [6.45, 7) is 0. The lowest BCUT2D eigenvalue weighted by Crippen LogP contribution is -2.42. The molecular formula is C14H17BrN2O2S. The minimum absolute atomic E-state index is 0.0486. The van der Waals surface area contributed by atoms with Gasteiger partial charge in [-0.25, -0.2) is 13.1 Å². The first-order chi connectivity index (χ1) is 9.53. The molecule has 1 aliphatic carbocycles. The summed E-state index contributed by atoms with van der Waals surface area (Å²) in [6, 6.07) is 8.48. The van der Waals surface area contributed by atoms with Gasteiger partial charge in [-0.05, 0) is 30.5 Å². The number of halogens is 1. The molecule has 0 saturated heterocycles. The van der Waals surface area contributed by atoms with E-state index in [0.29, 0.717) is 6.42 Å². The Morgan fingerprint density at radius 1 is 1.25 bits per heavy atom. The van der Waals surface area contributed by atoms with E-state index in [0.717, 1.165) is 31.2 Å². The van der Waals surface area contributed by atoms with Gasteiger partial charge in [-0.2, -0.15) is 5.26 Å². The number of benzene rings is 1. The first-order valence-electron chi connectivity index (χ1n) is 6.65. The number of rotatable bonds is 4. The van der Waals surface area contributed by atoms with E-state index in [9.17, 15) is 8.42 Å². The normalized spacial score (nSPS) is 23.2. The summed E-state index contributed by atoms with van der Waals surface area (Å²) < 4.78 is 27.4. The van der Waals surface area contributed by atoms with Gasteiger partial charge in [0.1, 0.15) is 0 Å².